The fourth-order valence-corrected chi connectivity index (χ4v) is 2.23. The zero-order valence-electron chi connectivity index (χ0n) is 11.9. The van der Waals surface area contributed by atoms with Crippen LogP contribution in [0.4, 0.5) is 6.01 Å². The van der Waals surface area contributed by atoms with Gasteiger partial charge in [-0.15, -0.1) is 5.10 Å². The number of nitrogens with zero attached hydrogens (tertiary/aromatic N) is 2. The minimum absolute atomic E-state index is 0.0293. The highest BCUT2D eigenvalue weighted by Crippen LogP contribution is 2.23. The van der Waals surface area contributed by atoms with Crippen LogP contribution in [0.25, 0.3) is 11.5 Å². The van der Waals surface area contributed by atoms with Crippen molar-refractivity contribution < 1.29 is 13.9 Å². The molecule has 0 aliphatic carbocycles. The summed E-state index contributed by atoms with van der Waals surface area (Å²) in [5.41, 5.74) is 0.757. The number of aromatic nitrogens is 2. The van der Waals surface area contributed by atoms with Crippen LogP contribution in [0.2, 0.25) is 0 Å². The summed E-state index contributed by atoms with van der Waals surface area (Å²) in [6, 6.07) is 16.5. The number of carbonyl (C=O) groups is 1. The van der Waals surface area contributed by atoms with Crippen molar-refractivity contribution in [2.24, 2.45) is 0 Å². The Kier molecular flexibility index (Phi) is 4.68. The number of rotatable bonds is 5. The van der Waals surface area contributed by atoms with E-state index in [1.54, 1.807) is 12.1 Å². The SMILES string of the molecule is O=C(COc1ccccc1)Nc1nnc(-c2cccc(Br)c2)o1. The van der Waals surface area contributed by atoms with Crippen LogP contribution < -0.4 is 10.1 Å². The molecule has 0 unspecified atom stereocenters. The molecule has 0 aliphatic heterocycles. The van der Waals surface area contributed by atoms with Crippen LogP contribution in [0.15, 0.2) is 63.5 Å². The van der Waals surface area contributed by atoms with Crippen molar-refractivity contribution in [2.75, 3.05) is 11.9 Å². The zero-order valence-corrected chi connectivity index (χ0v) is 13.5. The Morgan fingerprint density at radius 3 is 2.74 bits per heavy atom. The van der Waals surface area contributed by atoms with Gasteiger partial charge in [0.1, 0.15) is 5.75 Å². The summed E-state index contributed by atoms with van der Waals surface area (Å²) < 4.78 is 11.7. The zero-order chi connectivity index (χ0) is 16.1. The van der Waals surface area contributed by atoms with Gasteiger partial charge in [-0.2, -0.15) is 0 Å². The Hall–Kier alpha value is -2.67. The minimum Gasteiger partial charge on any atom is -0.484 e. The fraction of sp³-hybridized carbons (Fsp3) is 0.0625. The van der Waals surface area contributed by atoms with E-state index in [0.29, 0.717) is 11.6 Å². The second kappa shape index (κ2) is 7.06. The van der Waals surface area contributed by atoms with Crippen molar-refractivity contribution in [3.8, 4) is 17.2 Å². The molecule has 1 aromatic heterocycles. The molecule has 1 amide bonds. The first-order valence-electron chi connectivity index (χ1n) is 6.78. The van der Waals surface area contributed by atoms with E-state index in [0.717, 1.165) is 10.0 Å². The average molecular weight is 374 g/mol. The van der Waals surface area contributed by atoms with Crippen molar-refractivity contribution in [3.05, 3.63) is 59.1 Å². The highest BCUT2D eigenvalue weighted by Gasteiger charge is 2.12. The summed E-state index contributed by atoms with van der Waals surface area (Å²) in [6.45, 7) is -0.140. The minimum atomic E-state index is -0.377. The maximum atomic E-state index is 11.8. The molecule has 0 spiro atoms. The molecule has 6 nitrogen and oxygen atoms in total. The average Bonchev–Trinajstić information content (AvgIpc) is 3.02. The third-order valence-electron chi connectivity index (χ3n) is 2.86. The molecule has 0 aliphatic rings. The Morgan fingerprint density at radius 2 is 1.96 bits per heavy atom. The number of halogens is 1. The normalized spacial score (nSPS) is 10.3. The van der Waals surface area contributed by atoms with Gasteiger partial charge in [0, 0.05) is 10.0 Å². The predicted octanol–water partition coefficient (Wildman–Crippen LogP) is 3.52. The molecule has 0 saturated heterocycles. The van der Waals surface area contributed by atoms with E-state index in [2.05, 4.69) is 31.4 Å². The number of ether oxygens (including phenoxy) is 1. The van der Waals surface area contributed by atoms with E-state index in [4.69, 9.17) is 9.15 Å². The topological polar surface area (TPSA) is 77.2 Å². The summed E-state index contributed by atoms with van der Waals surface area (Å²) in [5.74, 6) is 0.562. The van der Waals surface area contributed by atoms with Gasteiger partial charge in [0.15, 0.2) is 6.61 Å². The number of anilines is 1. The molecule has 0 atom stereocenters. The van der Waals surface area contributed by atoms with Crippen LogP contribution >= 0.6 is 15.9 Å². The Balaban J connectivity index is 1.59. The van der Waals surface area contributed by atoms with E-state index in [9.17, 15) is 4.79 Å². The lowest BCUT2D eigenvalue weighted by Crippen LogP contribution is -2.20. The molecule has 0 bridgehead atoms. The lowest BCUT2D eigenvalue weighted by Gasteiger charge is -2.04. The molecule has 2 aromatic carbocycles. The van der Waals surface area contributed by atoms with E-state index < -0.39 is 0 Å². The number of benzene rings is 2. The lowest BCUT2D eigenvalue weighted by atomic mass is 10.2. The van der Waals surface area contributed by atoms with Crippen molar-refractivity contribution in [1.82, 2.24) is 10.2 Å². The summed E-state index contributed by atoms with van der Waals surface area (Å²) >= 11 is 3.37. The number of para-hydroxylation sites is 1. The Bertz CT molecular complexity index is 805. The molecule has 0 radical (unpaired) electrons. The third kappa shape index (κ3) is 4.17. The first-order chi connectivity index (χ1) is 11.2. The van der Waals surface area contributed by atoms with Gasteiger partial charge in [0.25, 0.3) is 5.91 Å². The van der Waals surface area contributed by atoms with Crippen molar-refractivity contribution in [2.45, 2.75) is 0 Å². The van der Waals surface area contributed by atoms with Crippen LogP contribution in [0.3, 0.4) is 0 Å². The molecular weight excluding hydrogens is 362 g/mol. The first kappa shape index (κ1) is 15.2. The quantitative estimate of drug-likeness (QED) is 0.740. The molecule has 0 fully saturated rings. The standard InChI is InChI=1S/C16H12BrN3O3/c17-12-6-4-5-11(9-12)15-19-20-16(23-15)18-14(21)10-22-13-7-2-1-3-8-13/h1-9H,10H2,(H,18,20,21). The van der Waals surface area contributed by atoms with Gasteiger partial charge in [0.05, 0.1) is 0 Å². The van der Waals surface area contributed by atoms with Crippen molar-refractivity contribution >= 4 is 27.9 Å². The summed E-state index contributed by atoms with van der Waals surface area (Å²) in [7, 11) is 0. The second-order valence-electron chi connectivity index (χ2n) is 4.57. The third-order valence-corrected chi connectivity index (χ3v) is 3.35. The number of hydrogen-bond donors (Lipinski definition) is 1. The molecule has 1 N–H and O–H groups in total. The molecule has 3 rings (SSSR count). The smallest absolute Gasteiger partial charge is 0.322 e. The number of hydrogen-bond acceptors (Lipinski definition) is 5. The van der Waals surface area contributed by atoms with E-state index >= 15 is 0 Å². The van der Waals surface area contributed by atoms with Gasteiger partial charge in [-0.05, 0) is 30.3 Å². The number of amides is 1. The van der Waals surface area contributed by atoms with Crippen LogP contribution in [-0.2, 0) is 4.79 Å². The number of nitrogens with one attached hydrogen (secondary N) is 1. The Morgan fingerprint density at radius 1 is 1.13 bits per heavy atom. The van der Waals surface area contributed by atoms with Crippen molar-refractivity contribution in [3.63, 3.8) is 0 Å². The molecule has 7 heteroatoms. The molecular formula is C16H12BrN3O3. The maximum absolute atomic E-state index is 11.8. The molecule has 1 heterocycles. The largest absolute Gasteiger partial charge is 0.484 e. The van der Waals surface area contributed by atoms with Gasteiger partial charge in [-0.25, -0.2) is 0 Å². The van der Waals surface area contributed by atoms with Crippen LogP contribution in [0, 0.1) is 0 Å². The highest BCUT2D eigenvalue weighted by atomic mass is 79.9. The second-order valence-corrected chi connectivity index (χ2v) is 5.49. The van der Waals surface area contributed by atoms with Gasteiger partial charge in [-0.3, -0.25) is 10.1 Å². The predicted molar refractivity (Wildman–Crippen MR) is 88.0 cm³/mol. The van der Waals surface area contributed by atoms with Crippen LogP contribution in [0.5, 0.6) is 5.75 Å². The summed E-state index contributed by atoms with van der Waals surface area (Å²) in [4.78, 5) is 11.8. The molecule has 3 aromatic rings. The maximum Gasteiger partial charge on any atom is 0.322 e. The van der Waals surface area contributed by atoms with Crippen LogP contribution in [0.1, 0.15) is 0 Å². The number of carbonyl (C=O) groups excluding carboxylic acids is 1. The van der Waals surface area contributed by atoms with E-state index in [1.165, 1.54) is 0 Å². The molecule has 116 valence electrons. The van der Waals surface area contributed by atoms with Crippen LogP contribution in [-0.4, -0.2) is 22.7 Å². The monoisotopic (exact) mass is 373 g/mol. The van der Waals surface area contributed by atoms with Gasteiger partial charge >= 0.3 is 6.01 Å². The van der Waals surface area contributed by atoms with Gasteiger partial charge in [0.2, 0.25) is 5.89 Å². The lowest BCUT2D eigenvalue weighted by molar-refractivity contribution is -0.118. The van der Waals surface area contributed by atoms with Gasteiger partial charge in [-0.1, -0.05) is 45.3 Å². The summed E-state index contributed by atoms with van der Waals surface area (Å²) in [6.07, 6.45) is 0. The van der Waals surface area contributed by atoms with E-state index in [-0.39, 0.29) is 18.5 Å². The summed E-state index contributed by atoms with van der Waals surface area (Å²) in [5, 5.41) is 10.2. The Labute approximate surface area is 140 Å². The molecule has 23 heavy (non-hydrogen) atoms. The highest BCUT2D eigenvalue weighted by molar-refractivity contribution is 9.10. The van der Waals surface area contributed by atoms with E-state index in [1.807, 2.05) is 42.5 Å². The molecule has 0 saturated carbocycles. The van der Waals surface area contributed by atoms with Crippen molar-refractivity contribution in [1.29, 1.82) is 0 Å². The fourth-order valence-electron chi connectivity index (χ4n) is 1.83. The first-order valence-corrected chi connectivity index (χ1v) is 7.57. The van der Waals surface area contributed by atoms with Gasteiger partial charge < -0.3 is 9.15 Å².